The maximum Gasteiger partial charge on any atom is 0.322 e. The fourth-order valence-corrected chi connectivity index (χ4v) is 3.07. The van der Waals surface area contributed by atoms with Crippen LogP contribution in [0.4, 0.5) is 16.2 Å². The van der Waals surface area contributed by atoms with Crippen molar-refractivity contribution in [2.75, 3.05) is 17.2 Å². The molecule has 3 rings (SSSR count). The lowest BCUT2D eigenvalue weighted by molar-refractivity contribution is 0.249. The van der Waals surface area contributed by atoms with Crippen LogP contribution in [-0.4, -0.2) is 18.6 Å². The van der Waals surface area contributed by atoms with Gasteiger partial charge in [0, 0.05) is 17.9 Å². The highest BCUT2D eigenvalue weighted by molar-refractivity contribution is 5.94. The van der Waals surface area contributed by atoms with Crippen LogP contribution in [0.15, 0.2) is 24.3 Å². The van der Waals surface area contributed by atoms with Crippen LogP contribution in [0.2, 0.25) is 0 Å². The lowest BCUT2D eigenvalue weighted by Gasteiger charge is -2.18. The van der Waals surface area contributed by atoms with E-state index in [9.17, 15) is 4.79 Å². The zero-order valence-electron chi connectivity index (χ0n) is 10.4. The quantitative estimate of drug-likeness (QED) is 0.786. The van der Waals surface area contributed by atoms with E-state index in [0.717, 1.165) is 17.9 Å². The first-order valence-corrected chi connectivity index (χ1v) is 6.67. The highest BCUT2D eigenvalue weighted by atomic mass is 16.2. The fraction of sp³-hybridized carbons (Fsp3) is 0.500. The molecule has 4 nitrogen and oxygen atoms in total. The Balaban J connectivity index is 1.74. The number of amides is 2. The van der Waals surface area contributed by atoms with Crippen molar-refractivity contribution in [3.05, 3.63) is 24.3 Å². The summed E-state index contributed by atoms with van der Waals surface area (Å²) in [5.41, 5.74) is 7.33. The zero-order valence-corrected chi connectivity index (χ0v) is 10.4. The third-order valence-corrected chi connectivity index (χ3v) is 4.11. The molecule has 1 aromatic carbocycles. The summed E-state index contributed by atoms with van der Waals surface area (Å²) in [7, 11) is 0. The van der Waals surface area contributed by atoms with E-state index in [-0.39, 0.29) is 6.03 Å². The predicted octanol–water partition coefficient (Wildman–Crippen LogP) is 2.36. The van der Waals surface area contributed by atoms with Crippen molar-refractivity contribution < 1.29 is 4.79 Å². The number of rotatable bonds is 2. The molecule has 0 aromatic heterocycles. The smallest absolute Gasteiger partial charge is 0.322 e. The van der Waals surface area contributed by atoms with Crippen molar-refractivity contribution in [3.63, 3.8) is 0 Å². The molecule has 1 heterocycles. The molecule has 3 N–H and O–H groups in total. The molecule has 1 saturated heterocycles. The molecule has 2 fully saturated rings. The Morgan fingerprint density at radius 2 is 1.83 bits per heavy atom. The summed E-state index contributed by atoms with van der Waals surface area (Å²) in [6.45, 7) is 0.785. The molecular formula is C14H19N3O. The van der Waals surface area contributed by atoms with Gasteiger partial charge in [-0.3, -0.25) is 4.90 Å². The van der Waals surface area contributed by atoms with E-state index in [0.29, 0.717) is 12.0 Å². The largest absolute Gasteiger partial charge is 0.399 e. The first-order valence-electron chi connectivity index (χ1n) is 6.67. The molecule has 1 saturated carbocycles. The molecule has 18 heavy (non-hydrogen) atoms. The van der Waals surface area contributed by atoms with Gasteiger partial charge in [0.05, 0.1) is 6.04 Å². The minimum Gasteiger partial charge on any atom is -0.399 e. The van der Waals surface area contributed by atoms with Crippen LogP contribution in [0.1, 0.15) is 25.7 Å². The average molecular weight is 245 g/mol. The molecule has 1 unspecified atom stereocenters. The molecular weight excluding hydrogens is 226 g/mol. The Hall–Kier alpha value is -1.71. The van der Waals surface area contributed by atoms with Gasteiger partial charge in [-0.15, -0.1) is 0 Å². The molecule has 4 heteroatoms. The van der Waals surface area contributed by atoms with E-state index in [1.165, 1.54) is 25.7 Å². The van der Waals surface area contributed by atoms with Crippen molar-refractivity contribution in [2.24, 2.45) is 5.92 Å². The number of benzene rings is 1. The number of nitrogens with two attached hydrogens (primary N) is 1. The molecule has 0 radical (unpaired) electrons. The van der Waals surface area contributed by atoms with Gasteiger partial charge in [-0.05, 0) is 43.0 Å². The molecule has 1 aliphatic carbocycles. The van der Waals surface area contributed by atoms with E-state index in [2.05, 4.69) is 5.32 Å². The minimum atomic E-state index is 0.0247. The maximum absolute atomic E-state index is 12.0. The number of nitrogens with one attached hydrogen (secondary N) is 1. The number of anilines is 2. The Morgan fingerprint density at radius 1 is 1.17 bits per heavy atom. The number of hydrogen-bond donors (Lipinski definition) is 2. The van der Waals surface area contributed by atoms with Gasteiger partial charge in [-0.1, -0.05) is 12.8 Å². The highest BCUT2D eigenvalue weighted by Crippen LogP contribution is 2.31. The first-order chi connectivity index (χ1) is 8.74. The van der Waals surface area contributed by atoms with E-state index < -0.39 is 0 Å². The van der Waals surface area contributed by atoms with Crippen LogP contribution in [-0.2, 0) is 0 Å². The van der Waals surface area contributed by atoms with E-state index in [1.54, 1.807) is 0 Å². The van der Waals surface area contributed by atoms with Crippen molar-refractivity contribution in [1.82, 2.24) is 5.32 Å². The molecule has 1 atom stereocenters. The molecule has 2 aliphatic rings. The summed E-state index contributed by atoms with van der Waals surface area (Å²) in [5, 5.41) is 3.11. The molecule has 0 bridgehead atoms. The van der Waals surface area contributed by atoms with E-state index >= 15 is 0 Å². The van der Waals surface area contributed by atoms with Crippen molar-refractivity contribution in [3.8, 4) is 0 Å². The van der Waals surface area contributed by atoms with Crippen LogP contribution in [0.5, 0.6) is 0 Å². The summed E-state index contributed by atoms with van der Waals surface area (Å²) in [4.78, 5) is 13.8. The molecule has 0 spiro atoms. The number of carbonyl (C=O) groups excluding carboxylic acids is 1. The summed E-state index contributed by atoms with van der Waals surface area (Å²) in [6, 6.07) is 7.84. The summed E-state index contributed by atoms with van der Waals surface area (Å²) in [5.74, 6) is 0.660. The standard InChI is InChI=1S/C14H19N3O/c15-11-5-7-12(8-6-11)17-9-13(16-14(17)18)10-3-1-2-4-10/h5-8,10,13H,1-4,9,15H2,(H,16,18). The number of carbonyl (C=O) groups is 1. The van der Waals surface area contributed by atoms with Crippen LogP contribution < -0.4 is 16.0 Å². The molecule has 1 aliphatic heterocycles. The van der Waals surface area contributed by atoms with E-state index in [1.807, 2.05) is 29.2 Å². The molecule has 96 valence electrons. The monoisotopic (exact) mass is 245 g/mol. The Kier molecular flexibility index (Phi) is 2.86. The number of hydrogen-bond acceptors (Lipinski definition) is 2. The van der Waals surface area contributed by atoms with Gasteiger partial charge in [-0.25, -0.2) is 4.79 Å². The second-order valence-electron chi connectivity index (χ2n) is 5.30. The summed E-state index contributed by atoms with van der Waals surface area (Å²) in [6.07, 6.45) is 5.11. The van der Waals surface area contributed by atoms with Crippen LogP contribution >= 0.6 is 0 Å². The summed E-state index contributed by atoms with van der Waals surface area (Å²) < 4.78 is 0. The van der Waals surface area contributed by atoms with Gasteiger partial charge in [-0.2, -0.15) is 0 Å². The van der Waals surface area contributed by atoms with Gasteiger partial charge < -0.3 is 11.1 Å². The number of nitrogen functional groups attached to an aromatic ring is 1. The second-order valence-corrected chi connectivity index (χ2v) is 5.30. The topological polar surface area (TPSA) is 58.4 Å². The molecule has 2 amide bonds. The van der Waals surface area contributed by atoms with Gasteiger partial charge in [0.25, 0.3) is 0 Å². The third-order valence-electron chi connectivity index (χ3n) is 4.11. The van der Waals surface area contributed by atoms with Gasteiger partial charge in [0.1, 0.15) is 0 Å². The highest BCUT2D eigenvalue weighted by Gasteiger charge is 2.35. The van der Waals surface area contributed by atoms with Crippen LogP contribution in [0.3, 0.4) is 0 Å². The van der Waals surface area contributed by atoms with E-state index in [4.69, 9.17) is 5.73 Å². The van der Waals surface area contributed by atoms with Crippen molar-refractivity contribution in [2.45, 2.75) is 31.7 Å². The van der Waals surface area contributed by atoms with Gasteiger partial charge >= 0.3 is 6.03 Å². The normalized spacial score (nSPS) is 24.6. The fourth-order valence-electron chi connectivity index (χ4n) is 3.07. The SMILES string of the molecule is Nc1ccc(N2CC(C3CCCC3)NC2=O)cc1. The molecule has 1 aromatic rings. The maximum atomic E-state index is 12.0. The lowest BCUT2D eigenvalue weighted by Crippen LogP contribution is -2.32. The zero-order chi connectivity index (χ0) is 12.5. The lowest BCUT2D eigenvalue weighted by atomic mass is 9.99. The second kappa shape index (κ2) is 4.52. The number of nitrogens with zero attached hydrogens (tertiary/aromatic N) is 1. The van der Waals surface area contributed by atoms with Crippen molar-refractivity contribution >= 4 is 17.4 Å². The van der Waals surface area contributed by atoms with Crippen LogP contribution in [0.25, 0.3) is 0 Å². The number of urea groups is 1. The van der Waals surface area contributed by atoms with Gasteiger partial charge in [0.2, 0.25) is 0 Å². The minimum absolute atomic E-state index is 0.0247. The first kappa shape index (κ1) is 11.4. The van der Waals surface area contributed by atoms with Crippen LogP contribution in [0, 0.1) is 5.92 Å². The van der Waals surface area contributed by atoms with Crippen molar-refractivity contribution in [1.29, 1.82) is 0 Å². The Bertz CT molecular complexity index is 437. The van der Waals surface area contributed by atoms with Gasteiger partial charge in [0.15, 0.2) is 0 Å². The Morgan fingerprint density at radius 3 is 2.50 bits per heavy atom. The Labute approximate surface area is 107 Å². The predicted molar refractivity (Wildman–Crippen MR) is 72.5 cm³/mol. The third kappa shape index (κ3) is 2.03. The summed E-state index contributed by atoms with van der Waals surface area (Å²) >= 11 is 0. The average Bonchev–Trinajstić information content (AvgIpc) is 2.99.